The van der Waals surface area contributed by atoms with Gasteiger partial charge in [-0.25, -0.2) is 4.39 Å². The number of fused-ring (bicyclic) bond motifs is 1. The van der Waals surface area contributed by atoms with Crippen molar-refractivity contribution in [2.45, 2.75) is 0 Å². The molecule has 0 bridgehead atoms. The number of nitrogens with zero attached hydrogens (tertiary/aromatic N) is 1. The van der Waals surface area contributed by atoms with Crippen molar-refractivity contribution in [3.63, 3.8) is 0 Å². The summed E-state index contributed by atoms with van der Waals surface area (Å²) in [4.78, 5) is 0. The largest absolute Gasteiger partial charge is 0.203 e. The smallest absolute Gasteiger partial charge is 0.168 e. The molecule has 0 heterocycles. The minimum absolute atomic E-state index is 0.0822. The summed E-state index contributed by atoms with van der Waals surface area (Å²) in [5.74, 6) is 0. The molecular weight excluding hydrogens is 165 g/mol. The van der Waals surface area contributed by atoms with Gasteiger partial charge in [-0.05, 0) is 22.6 Å². The maximum absolute atomic E-state index is 12.1. The van der Waals surface area contributed by atoms with Gasteiger partial charge in [0.05, 0.1) is 5.71 Å². The molecule has 13 heavy (non-hydrogen) atoms. The van der Waals surface area contributed by atoms with E-state index in [2.05, 4.69) is 0 Å². The van der Waals surface area contributed by atoms with E-state index in [9.17, 15) is 9.80 Å². The third kappa shape index (κ3) is 1.31. The van der Waals surface area contributed by atoms with Crippen molar-refractivity contribution in [1.82, 2.24) is 5.41 Å². The molecule has 2 rings (SSSR count). The van der Waals surface area contributed by atoms with Crippen LogP contribution in [0, 0.1) is 6.33 Å². The lowest BCUT2D eigenvalue weighted by Crippen LogP contribution is -2.29. The van der Waals surface area contributed by atoms with Crippen molar-refractivity contribution in [3.8, 4) is 0 Å². The lowest BCUT2D eigenvalue weighted by Gasteiger charge is -2.01. The average Bonchev–Trinajstić information content (AvgIpc) is 2.17. The molecule has 0 unspecified atom stereocenters. The van der Waals surface area contributed by atoms with Crippen molar-refractivity contribution in [2.75, 3.05) is 0 Å². The molecule has 1 nitrogen and oxygen atoms in total. The Balaban J connectivity index is 2.81. The Bertz CT molecular complexity index is 497. The fourth-order valence-electron chi connectivity index (χ4n) is 1.30. The molecule has 62 valence electrons. The number of allylic oxidation sites excluding steroid dienone is 1. The Kier molecular flexibility index (Phi) is 1.81. The minimum Gasteiger partial charge on any atom is -0.203 e. The molecule has 0 saturated heterocycles. The van der Waals surface area contributed by atoms with Gasteiger partial charge in [0.25, 0.3) is 0 Å². The molecule has 1 aromatic rings. The zero-order valence-corrected chi connectivity index (χ0v) is 6.79. The number of rotatable bonds is 0. The Morgan fingerprint density at radius 2 is 1.69 bits per heavy atom. The van der Waals surface area contributed by atoms with Crippen LogP contribution in [-0.2, 0) is 0 Å². The number of hydrogen-bond donors (Lipinski definition) is 0. The van der Waals surface area contributed by atoms with E-state index in [-0.39, 0.29) is 11.3 Å². The van der Waals surface area contributed by atoms with Gasteiger partial charge >= 0.3 is 0 Å². The predicted molar refractivity (Wildman–Crippen MR) is 49.6 cm³/mol. The summed E-state index contributed by atoms with van der Waals surface area (Å²) in [5.41, 5.74) is 0.0138. The normalized spacial score (nSPS) is 17.6. The fraction of sp³-hybridized carbons (Fsp3) is 0. The van der Waals surface area contributed by atoms with Crippen LogP contribution in [0.4, 0.5) is 4.39 Å². The summed E-state index contributed by atoms with van der Waals surface area (Å²) in [6, 6.07) is 7.44. The standard InChI is InChI=1S/C11H6FN/c12-7-10-5-8-3-1-2-4-9(8)6-11(10)13/h1-6H. The summed E-state index contributed by atoms with van der Waals surface area (Å²) >= 11 is 0. The van der Waals surface area contributed by atoms with Crippen molar-refractivity contribution in [1.29, 1.82) is 0 Å². The third-order valence-electron chi connectivity index (χ3n) is 1.97. The molecule has 2 radical (unpaired) electrons. The SMILES string of the molecule is [N]=C1C=c2ccccc2=CC1=[C]F. The number of halogens is 1. The molecule has 0 N–H and O–H groups in total. The highest BCUT2D eigenvalue weighted by molar-refractivity contribution is 6.24. The highest BCUT2D eigenvalue weighted by Gasteiger charge is 2.05. The Morgan fingerprint density at radius 1 is 1.08 bits per heavy atom. The van der Waals surface area contributed by atoms with Gasteiger partial charge in [-0.15, -0.1) is 5.41 Å². The maximum atomic E-state index is 12.1. The van der Waals surface area contributed by atoms with Gasteiger partial charge in [-0.2, -0.15) is 0 Å². The van der Waals surface area contributed by atoms with Crippen LogP contribution in [0.1, 0.15) is 0 Å². The number of hydrogen-bond acceptors (Lipinski definition) is 0. The first-order valence-corrected chi connectivity index (χ1v) is 3.89. The van der Waals surface area contributed by atoms with Gasteiger partial charge in [0.1, 0.15) is 0 Å². The van der Waals surface area contributed by atoms with E-state index in [1.165, 1.54) is 12.4 Å². The Labute approximate surface area is 75.0 Å². The molecule has 2 heteroatoms. The summed E-state index contributed by atoms with van der Waals surface area (Å²) in [7, 11) is 0. The quantitative estimate of drug-likeness (QED) is 0.530. The molecule has 1 aromatic carbocycles. The molecule has 0 aliphatic heterocycles. The van der Waals surface area contributed by atoms with Crippen LogP contribution in [0.3, 0.4) is 0 Å². The first kappa shape index (κ1) is 7.92. The second kappa shape index (κ2) is 2.98. The maximum Gasteiger partial charge on any atom is 0.168 e. The van der Waals surface area contributed by atoms with E-state index in [1.807, 2.05) is 24.3 Å². The molecule has 0 fully saturated rings. The minimum atomic E-state index is -0.0822. The summed E-state index contributed by atoms with van der Waals surface area (Å²) in [6.45, 7) is 0. The lowest BCUT2D eigenvalue weighted by atomic mass is 10.0. The first-order chi connectivity index (χ1) is 6.31. The Hall–Kier alpha value is -1.70. The zero-order valence-electron chi connectivity index (χ0n) is 6.79. The molecule has 0 saturated carbocycles. The number of benzene rings is 1. The lowest BCUT2D eigenvalue weighted by molar-refractivity contribution is 0.681. The highest BCUT2D eigenvalue weighted by Crippen LogP contribution is 2.01. The Morgan fingerprint density at radius 3 is 2.31 bits per heavy atom. The van der Waals surface area contributed by atoms with Crippen LogP contribution in [-0.4, -0.2) is 5.71 Å². The van der Waals surface area contributed by atoms with Crippen LogP contribution >= 0.6 is 0 Å². The van der Waals surface area contributed by atoms with E-state index < -0.39 is 0 Å². The second-order valence-corrected chi connectivity index (χ2v) is 2.81. The van der Waals surface area contributed by atoms with E-state index in [0.717, 1.165) is 10.4 Å². The van der Waals surface area contributed by atoms with Crippen LogP contribution in [0.2, 0.25) is 0 Å². The summed E-state index contributed by atoms with van der Waals surface area (Å²) < 4.78 is 12.1. The average molecular weight is 171 g/mol. The van der Waals surface area contributed by atoms with Gasteiger partial charge in [0.15, 0.2) is 6.33 Å². The van der Waals surface area contributed by atoms with Crippen LogP contribution in [0.25, 0.3) is 12.2 Å². The molecular formula is C11H6FN. The van der Waals surface area contributed by atoms with Gasteiger partial charge in [-0.3, -0.25) is 0 Å². The van der Waals surface area contributed by atoms with Gasteiger partial charge in [0.2, 0.25) is 0 Å². The summed E-state index contributed by atoms with van der Waals surface area (Å²) in [5, 5.41) is 11.1. The molecule has 0 amide bonds. The van der Waals surface area contributed by atoms with Crippen LogP contribution in [0.5, 0.6) is 0 Å². The second-order valence-electron chi connectivity index (χ2n) is 2.81. The first-order valence-electron chi connectivity index (χ1n) is 3.89. The van der Waals surface area contributed by atoms with E-state index in [0.29, 0.717) is 0 Å². The topological polar surface area (TPSA) is 22.3 Å². The monoisotopic (exact) mass is 171 g/mol. The van der Waals surface area contributed by atoms with Crippen molar-refractivity contribution < 1.29 is 4.39 Å². The van der Waals surface area contributed by atoms with Crippen molar-refractivity contribution in [3.05, 3.63) is 46.6 Å². The molecule has 1 aliphatic rings. The van der Waals surface area contributed by atoms with Crippen molar-refractivity contribution in [2.24, 2.45) is 0 Å². The van der Waals surface area contributed by atoms with Gasteiger partial charge in [-0.1, -0.05) is 24.3 Å². The predicted octanol–water partition coefficient (Wildman–Crippen LogP) is 0.159. The van der Waals surface area contributed by atoms with Gasteiger partial charge < -0.3 is 0 Å². The molecule has 0 aromatic heterocycles. The van der Waals surface area contributed by atoms with E-state index in [4.69, 9.17) is 0 Å². The van der Waals surface area contributed by atoms with Gasteiger partial charge in [0, 0.05) is 5.57 Å². The third-order valence-corrected chi connectivity index (χ3v) is 1.97. The highest BCUT2D eigenvalue weighted by atomic mass is 19.1. The zero-order chi connectivity index (χ0) is 9.26. The van der Waals surface area contributed by atoms with E-state index >= 15 is 0 Å². The molecule has 0 spiro atoms. The molecule has 1 aliphatic carbocycles. The fourth-order valence-corrected chi connectivity index (χ4v) is 1.30. The van der Waals surface area contributed by atoms with Crippen LogP contribution in [0.15, 0.2) is 29.8 Å². The van der Waals surface area contributed by atoms with E-state index in [1.54, 1.807) is 6.08 Å². The summed E-state index contributed by atoms with van der Waals surface area (Å²) in [6.07, 6.45) is 4.52. The molecule has 0 atom stereocenters. The van der Waals surface area contributed by atoms with Crippen molar-refractivity contribution >= 4 is 17.9 Å². The van der Waals surface area contributed by atoms with Crippen LogP contribution < -0.4 is 15.8 Å².